The van der Waals surface area contributed by atoms with Gasteiger partial charge >= 0.3 is 0 Å². The van der Waals surface area contributed by atoms with E-state index in [1.54, 1.807) is 0 Å². The Kier molecular flexibility index (Phi) is 4.00. The monoisotopic (exact) mass is 289 g/mol. The van der Waals surface area contributed by atoms with Crippen molar-refractivity contribution in [2.75, 3.05) is 6.61 Å². The minimum Gasteiger partial charge on any atom is -0.446 e. The molecule has 0 amide bonds. The highest BCUT2D eigenvalue weighted by molar-refractivity contribution is 7.89. The van der Waals surface area contributed by atoms with Gasteiger partial charge in [-0.25, -0.2) is 13.1 Å². The molecular weight excluding hydrogens is 270 g/mol. The molecule has 0 saturated carbocycles. The molecule has 0 bridgehead atoms. The standard InChI is InChI=1S/C12H19NO5S/c1-12(2)7-9(5-6-17-12)13-19(15,16)11-4-3-10(8-14)18-11/h3-4,9,13-14H,5-8H2,1-2H3. The topological polar surface area (TPSA) is 88.8 Å². The molecule has 1 fully saturated rings. The molecule has 2 heterocycles. The second kappa shape index (κ2) is 5.24. The first-order chi connectivity index (χ1) is 8.82. The summed E-state index contributed by atoms with van der Waals surface area (Å²) in [5.41, 5.74) is -0.329. The molecule has 1 aromatic heterocycles. The summed E-state index contributed by atoms with van der Waals surface area (Å²) >= 11 is 0. The van der Waals surface area contributed by atoms with Crippen molar-refractivity contribution in [2.45, 2.75) is 50.0 Å². The van der Waals surface area contributed by atoms with Crippen molar-refractivity contribution in [1.82, 2.24) is 4.72 Å². The first kappa shape index (κ1) is 14.5. The van der Waals surface area contributed by atoms with Crippen LogP contribution in [0, 0.1) is 0 Å². The highest BCUT2D eigenvalue weighted by Gasteiger charge is 2.32. The maximum Gasteiger partial charge on any atom is 0.274 e. The van der Waals surface area contributed by atoms with Crippen LogP contribution in [-0.4, -0.2) is 31.8 Å². The zero-order chi connectivity index (χ0) is 14.1. The van der Waals surface area contributed by atoms with Gasteiger partial charge in [0.25, 0.3) is 10.0 Å². The van der Waals surface area contributed by atoms with Crippen LogP contribution in [0.4, 0.5) is 0 Å². The van der Waals surface area contributed by atoms with Gasteiger partial charge in [-0.3, -0.25) is 0 Å². The Balaban J connectivity index is 2.09. The molecule has 108 valence electrons. The SMILES string of the molecule is CC1(C)CC(NS(=O)(=O)c2ccc(CO)o2)CCO1. The molecule has 1 atom stereocenters. The van der Waals surface area contributed by atoms with E-state index in [4.69, 9.17) is 14.3 Å². The summed E-state index contributed by atoms with van der Waals surface area (Å²) < 4.78 is 37.5. The largest absolute Gasteiger partial charge is 0.446 e. The smallest absolute Gasteiger partial charge is 0.274 e. The molecule has 1 saturated heterocycles. The van der Waals surface area contributed by atoms with E-state index in [0.29, 0.717) is 19.4 Å². The summed E-state index contributed by atoms with van der Waals surface area (Å²) in [5.74, 6) is 0.229. The van der Waals surface area contributed by atoms with E-state index >= 15 is 0 Å². The molecule has 7 heteroatoms. The normalized spacial score (nSPS) is 23.4. The average molecular weight is 289 g/mol. The van der Waals surface area contributed by atoms with Gasteiger partial charge < -0.3 is 14.3 Å². The summed E-state index contributed by atoms with van der Waals surface area (Å²) in [4.78, 5) is 0. The van der Waals surface area contributed by atoms with Crippen molar-refractivity contribution in [3.8, 4) is 0 Å². The van der Waals surface area contributed by atoms with E-state index in [1.807, 2.05) is 13.8 Å². The highest BCUT2D eigenvalue weighted by atomic mass is 32.2. The van der Waals surface area contributed by atoms with Crippen LogP contribution >= 0.6 is 0 Å². The van der Waals surface area contributed by atoms with Crippen molar-refractivity contribution in [3.05, 3.63) is 17.9 Å². The second-order valence-corrected chi connectivity index (χ2v) is 6.94. The van der Waals surface area contributed by atoms with Crippen LogP contribution in [0.25, 0.3) is 0 Å². The van der Waals surface area contributed by atoms with Crippen LogP contribution in [0.3, 0.4) is 0 Å². The fraction of sp³-hybridized carbons (Fsp3) is 0.667. The minimum atomic E-state index is -3.68. The number of nitrogens with one attached hydrogen (secondary N) is 1. The fourth-order valence-electron chi connectivity index (χ4n) is 2.20. The Morgan fingerprint density at radius 1 is 1.47 bits per heavy atom. The van der Waals surface area contributed by atoms with Crippen molar-refractivity contribution in [1.29, 1.82) is 0 Å². The Bertz CT molecular complexity index is 534. The Hall–Kier alpha value is -0.890. The van der Waals surface area contributed by atoms with Crippen LogP contribution in [0.1, 0.15) is 32.4 Å². The van der Waals surface area contributed by atoms with E-state index in [1.165, 1.54) is 12.1 Å². The summed E-state index contributed by atoms with van der Waals surface area (Å²) in [6.07, 6.45) is 1.25. The summed E-state index contributed by atoms with van der Waals surface area (Å²) in [6.45, 7) is 4.08. The van der Waals surface area contributed by atoms with Crippen LogP contribution in [0.2, 0.25) is 0 Å². The number of furan rings is 1. The molecular formula is C12H19NO5S. The molecule has 1 unspecified atom stereocenters. The number of aliphatic hydroxyl groups is 1. The molecule has 19 heavy (non-hydrogen) atoms. The lowest BCUT2D eigenvalue weighted by molar-refractivity contribution is -0.0599. The van der Waals surface area contributed by atoms with Gasteiger partial charge in [-0.2, -0.15) is 0 Å². The molecule has 6 nitrogen and oxygen atoms in total. The van der Waals surface area contributed by atoms with Gasteiger partial charge in [0.1, 0.15) is 12.4 Å². The van der Waals surface area contributed by atoms with Gasteiger partial charge in [-0.15, -0.1) is 0 Å². The van der Waals surface area contributed by atoms with Gasteiger partial charge in [-0.1, -0.05) is 0 Å². The Morgan fingerprint density at radius 2 is 2.21 bits per heavy atom. The van der Waals surface area contributed by atoms with Gasteiger partial charge in [-0.05, 0) is 38.8 Å². The molecule has 0 radical (unpaired) electrons. The molecule has 2 N–H and O–H groups in total. The average Bonchev–Trinajstić information content (AvgIpc) is 2.76. The molecule has 0 aromatic carbocycles. The van der Waals surface area contributed by atoms with Crippen molar-refractivity contribution >= 4 is 10.0 Å². The van der Waals surface area contributed by atoms with Crippen LogP contribution in [-0.2, 0) is 21.4 Å². The zero-order valence-corrected chi connectivity index (χ0v) is 11.9. The molecule has 0 spiro atoms. The van der Waals surface area contributed by atoms with Crippen molar-refractivity contribution < 1.29 is 22.7 Å². The summed E-state index contributed by atoms with van der Waals surface area (Å²) in [5, 5.41) is 8.72. The van der Waals surface area contributed by atoms with Crippen LogP contribution < -0.4 is 4.72 Å². The first-order valence-electron chi connectivity index (χ1n) is 6.18. The maximum atomic E-state index is 12.1. The third kappa shape index (κ3) is 3.56. The summed E-state index contributed by atoms with van der Waals surface area (Å²) in [7, 11) is -3.68. The number of aliphatic hydroxyl groups excluding tert-OH is 1. The molecule has 1 aliphatic rings. The summed E-state index contributed by atoms with van der Waals surface area (Å²) in [6, 6.07) is 2.62. The van der Waals surface area contributed by atoms with E-state index < -0.39 is 10.0 Å². The lowest BCUT2D eigenvalue weighted by atomic mass is 9.95. The molecule has 2 rings (SSSR count). The highest BCUT2D eigenvalue weighted by Crippen LogP contribution is 2.25. The third-order valence-corrected chi connectivity index (χ3v) is 4.47. The van der Waals surface area contributed by atoms with E-state index in [2.05, 4.69) is 4.72 Å². The Labute approximate surface area is 112 Å². The number of sulfonamides is 1. The van der Waals surface area contributed by atoms with Gasteiger partial charge in [0.2, 0.25) is 5.09 Å². The lowest BCUT2D eigenvalue weighted by Gasteiger charge is -2.35. The number of hydrogen-bond acceptors (Lipinski definition) is 5. The fourth-order valence-corrected chi connectivity index (χ4v) is 3.42. The first-order valence-corrected chi connectivity index (χ1v) is 7.66. The van der Waals surface area contributed by atoms with Crippen molar-refractivity contribution in [3.63, 3.8) is 0 Å². The zero-order valence-electron chi connectivity index (χ0n) is 11.0. The van der Waals surface area contributed by atoms with Crippen LogP contribution in [0.5, 0.6) is 0 Å². The Morgan fingerprint density at radius 3 is 2.79 bits per heavy atom. The minimum absolute atomic E-state index is 0.166. The number of rotatable bonds is 4. The number of ether oxygens (including phenoxy) is 1. The van der Waals surface area contributed by atoms with Gasteiger partial charge in [0.05, 0.1) is 5.60 Å². The lowest BCUT2D eigenvalue weighted by Crippen LogP contribution is -2.45. The second-order valence-electron chi connectivity index (χ2n) is 5.30. The molecule has 0 aliphatic carbocycles. The predicted molar refractivity (Wildman–Crippen MR) is 68.0 cm³/mol. The molecule has 1 aliphatic heterocycles. The van der Waals surface area contributed by atoms with Gasteiger partial charge in [0, 0.05) is 12.6 Å². The van der Waals surface area contributed by atoms with Gasteiger partial charge in [0.15, 0.2) is 0 Å². The predicted octanol–water partition coefficient (Wildman–Crippen LogP) is 1.01. The quantitative estimate of drug-likeness (QED) is 0.863. The molecule has 1 aromatic rings. The third-order valence-electron chi connectivity index (χ3n) is 3.08. The maximum absolute atomic E-state index is 12.1. The van der Waals surface area contributed by atoms with Crippen LogP contribution in [0.15, 0.2) is 21.6 Å². The van der Waals surface area contributed by atoms with E-state index in [-0.39, 0.29) is 29.1 Å². The number of hydrogen-bond donors (Lipinski definition) is 2. The van der Waals surface area contributed by atoms with Crippen molar-refractivity contribution in [2.24, 2.45) is 0 Å². The van der Waals surface area contributed by atoms with E-state index in [0.717, 1.165) is 0 Å². The van der Waals surface area contributed by atoms with E-state index in [9.17, 15) is 8.42 Å².